The van der Waals surface area contributed by atoms with Crippen LogP contribution in [-0.2, 0) is 15.1 Å². The van der Waals surface area contributed by atoms with E-state index in [0.717, 1.165) is 5.69 Å². The SMILES string of the molecule is Cc1nccc([C@@]2(C)CN(CC(N)=O)CCO2)n1. The maximum absolute atomic E-state index is 11.0. The van der Waals surface area contributed by atoms with E-state index >= 15 is 0 Å². The summed E-state index contributed by atoms with van der Waals surface area (Å²) >= 11 is 0. The lowest BCUT2D eigenvalue weighted by atomic mass is 9.99. The minimum Gasteiger partial charge on any atom is -0.369 e. The van der Waals surface area contributed by atoms with Crippen LogP contribution in [0.3, 0.4) is 0 Å². The highest BCUT2D eigenvalue weighted by molar-refractivity contribution is 5.75. The molecular formula is C12H18N4O2. The first-order valence-electron chi connectivity index (χ1n) is 5.94. The van der Waals surface area contributed by atoms with E-state index in [4.69, 9.17) is 10.5 Å². The van der Waals surface area contributed by atoms with Crippen molar-refractivity contribution in [2.75, 3.05) is 26.2 Å². The quantitative estimate of drug-likeness (QED) is 0.804. The highest BCUT2D eigenvalue weighted by atomic mass is 16.5. The lowest BCUT2D eigenvalue weighted by Crippen LogP contribution is -2.50. The van der Waals surface area contributed by atoms with E-state index in [1.54, 1.807) is 6.20 Å². The third kappa shape index (κ3) is 2.83. The van der Waals surface area contributed by atoms with Crippen molar-refractivity contribution in [3.63, 3.8) is 0 Å². The summed E-state index contributed by atoms with van der Waals surface area (Å²) in [7, 11) is 0. The lowest BCUT2D eigenvalue weighted by Gasteiger charge is -2.39. The molecule has 0 spiro atoms. The Bertz CT molecular complexity index is 451. The fraction of sp³-hybridized carbons (Fsp3) is 0.583. The predicted molar refractivity (Wildman–Crippen MR) is 65.7 cm³/mol. The second kappa shape index (κ2) is 4.99. The number of aromatic nitrogens is 2. The van der Waals surface area contributed by atoms with Crippen molar-refractivity contribution in [1.29, 1.82) is 0 Å². The summed E-state index contributed by atoms with van der Waals surface area (Å²) in [5, 5.41) is 0. The molecule has 2 heterocycles. The van der Waals surface area contributed by atoms with E-state index in [-0.39, 0.29) is 12.5 Å². The topological polar surface area (TPSA) is 81.3 Å². The average Bonchev–Trinajstić information content (AvgIpc) is 2.28. The molecule has 0 unspecified atom stereocenters. The molecule has 2 N–H and O–H groups in total. The maximum atomic E-state index is 11.0. The fourth-order valence-electron chi connectivity index (χ4n) is 2.21. The zero-order valence-electron chi connectivity index (χ0n) is 10.7. The molecule has 1 aliphatic heterocycles. The maximum Gasteiger partial charge on any atom is 0.231 e. The highest BCUT2D eigenvalue weighted by Crippen LogP contribution is 2.27. The number of primary amides is 1. The van der Waals surface area contributed by atoms with Gasteiger partial charge in [-0.1, -0.05) is 0 Å². The first-order valence-corrected chi connectivity index (χ1v) is 5.94. The summed E-state index contributed by atoms with van der Waals surface area (Å²) in [6, 6.07) is 1.85. The van der Waals surface area contributed by atoms with Crippen LogP contribution in [0.25, 0.3) is 0 Å². The van der Waals surface area contributed by atoms with E-state index in [1.807, 2.05) is 24.8 Å². The van der Waals surface area contributed by atoms with Crippen LogP contribution < -0.4 is 5.73 Å². The van der Waals surface area contributed by atoms with Crippen LogP contribution in [0, 0.1) is 6.92 Å². The van der Waals surface area contributed by atoms with E-state index in [2.05, 4.69) is 9.97 Å². The summed E-state index contributed by atoms with van der Waals surface area (Å²) in [5.74, 6) is 0.391. The molecule has 0 bridgehead atoms. The predicted octanol–water partition coefficient (Wildman–Crippen LogP) is -0.182. The lowest BCUT2D eigenvalue weighted by molar-refractivity contribution is -0.128. The molecule has 1 fully saturated rings. The van der Waals surface area contributed by atoms with Crippen LogP contribution in [0.1, 0.15) is 18.4 Å². The molecular weight excluding hydrogens is 232 g/mol. The summed E-state index contributed by atoms with van der Waals surface area (Å²) < 4.78 is 5.83. The zero-order chi connectivity index (χ0) is 13.2. The van der Waals surface area contributed by atoms with Gasteiger partial charge in [0.1, 0.15) is 11.4 Å². The standard InChI is InChI=1S/C12H18N4O2/c1-9-14-4-3-10(15-9)12(2)8-16(5-6-18-12)7-11(13)17/h3-4H,5-8H2,1-2H3,(H2,13,17)/t12-/m1/s1. The molecule has 18 heavy (non-hydrogen) atoms. The van der Waals surface area contributed by atoms with Gasteiger partial charge in [0, 0.05) is 19.3 Å². The number of amides is 1. The summed E-state index contributed by atoms with van der Waals surface area (Å²) in [6.07, 6.45) is 1.72. The van der Waals surface area contributed by atoms with Crippen LogP contribution in [0.5, 0.6) is 0 Å². The molecule has 1 saturated heterocycles. The second-order valence-electron chi connectivity index (χ2n) is 4.75. The number of nitrogens with zero attached hydrogens (tertiary/aromatic N) is 3. The molecule has 0 saturated carbocycles. The molecule has 1 aromatic heterocycles. The Morgan fingerprint density at radius 1 is 1.67 bits per heavy atom. The third-order valence-electron chi connectivity index (χ3n) is 3.05. The Morgan fingerprint density at radius 2 is 2.44 bits per heavy atom. The Labute approximate surface area is 106 Å². The normalized spacial score (nSPS) is 25.0. The van der Waals surface area contributed by atoms with Gasteiger partial charge >= 0.3 is 0 Å². The van der Waals surface area contributed by atoms with Gasteiger partial charge in [0.25, 0.3) is 0 Å². The Kier molecular flexibility index (Phi) is 3.58. The number of carbonyl (C=O) groups excluding carboxylic acids is 1. The van der Waals surface area contributed by atoms with Crippen molar-refractivity contribution in [3.8, 4) is 0 Å². The number of rotatable bonds is 3. The van der Waals surface area contributed by atoms with Gasteiger partial charge in [-0.15, -0.1) is 0 Å². The number of carbonyl (C=O) groups is 1. The molecule has 6 heteroatoms. The minimum absolute atomic E-state index is 0.253. The summed E-state index contributed by atoms with van der Waals surface area (Å²) in [4.78, 5) is 21.5. The first-order chi connectivity index (χ1) is 8.49. The molecule has 0 aromatic carbocycles. The van der Waals surface area contributed by atoms with Crippen LogP contribution >= 0.6 is 0 Å². The number of hydrogen-bond donors (Lipinski definition) is 1. The minimum atomic E-state index is -0.512. The molecule has 98 valence electrons. The van der Waals surface area contributed by atoms with Gasteiger partial charge in [0.15, 0.2) is 0 Å². The number of morpholine rings is 1. The van der Waals surface area contributed by atoms with Crippen molar-refractivity contribution in [2.24, 2.45) is 5.73 Å². The van der Waals surface area contributed by atoms with Crippen molar-refractivity contribution < 1.29 is 9.53 Å². The number of hydrogen-bond acceptors (Lipinski definition) is 5. The molecule has 2 rings (SSSR count). The number of ether oxygens (including phenoxy) is 1. The van der Waals surface area contributed by atoms with Gasteiger partial charge in [-0.3, -0.25) is 9.69 Å². The fourth-order valence-corrected chi connectivity index (χ4v) is 2.21. The monoisotopic (exact) mass is 250 g/mol. The van der Waals surface area contributed by atoms with Gasteiger partial charge < -0.3 is 10.5 Å². The van der Waals surface area contributed by atoms with Crippen molar-refractivity contribution in [2.45, 2.75) is 19.4 Å². The zero-order valence-corrected chi connectivity index (χ0v) is 10.7. The number of aryl methyl sites for hydroxylation is 1. The van der Waals surface area contributed by atoms with Crippen LogP contribution in [0.2, 0.25) is 0 Å². The van der Waals surface area contributed by atoms with Crippen molar-refractivity contribution in [1.82, 2.24) is 14.9 Å². The third-order valence-corrected chi connectivity index (χ3v) is 3.05. The van der Waals surface area contributed by atoms with Crippen LogP contribution in [0.15, 0.2) is 12.3 Å². The largest absolute Gasteiger partial charge is 0.369 e. The first kappa shape index (κ1) is 12.9. The summed E-state index contributed by atoms with van der Waals surface area (Å²) in [5.41, 5.74) is 5.55. The van der Waals surface area contributed by atoms with Gasteiger partial charge in [0.2, 0.25) is 5.91 Å². The molecule has 1 atom stereocenters. The summed E-state index contributed by atoms with van der Waals surface area (Å²) in [6.45, 7) is 5.95. The Balaban J connectivity index is 2.17. The molecule has 6 nitrogen and oxygen atoms in total. The van der Waals surface area contributed by atoms with Crippen molar-refractivity contribution in [3.05, 3.63) is 23.8 Å². The van der Waals surface area contributed by atoms with Crippen LogP contribution in [-0.4, -0.2) is 47.0 Å². The second-order valence-corrected chi connectivity index (χ2v) is 4.75. The molecule has 0 radical (unpaired) electrons. The molecule has 1 aromatic rings. The number of nitrogens with two attached hydrogens (primary N) is 1. The smallest absolute Gasteiger partial charge is 0.231 e. The van der Waals surface area contributed by atoms with Crippen LogP contribution in [0.4, 0.5) is 0 Å². The Hall–Kier alpha value is -1.53. The van der Waals surface area contributed by atoms with E-state index in [0.29, 0.717) is 25.5 Å². The van der Waals surface area contributed by atoms with Gasteiger partial charge in [-0.05, 0) is 19.9 Å². The van der Waals surface area contributed by atoms with Gasteiger partial charge in [-0.2, -0.15) is 0 Å². The highest BCUT2D eigenvalue weighted by Gasteiger charge is 2.35. The van der Waals surface area contributed by atoms with E-state index in [9.17, 15) is 4.79 Å². The molecule has 1 aliphatic rings. The van der Waals surface area contributed by atoms with Crippen molar-refractivity contribution >= 4 is 5.91 Å². The van der Waals surface area contributed by atoms with E-state index in [1.165, 1.54) is 0 Å². The van der Waals surface area contributed by atoms with Gasteiger partial charge in [-0.25, -0.2) is 9.97 Å². The molecule has 1 amide bonds. The Morgan fingerprint density at radius 3 is 3.11 bits per heavy atom. The van der Waals surface area contributed by atoms with Gasteiger partial charge in [0.05, 0.1) is 18.8 Å². The average molecular weight is 250 g/mol. The molecule has 0 aliphatic carbocycles. The van der Waals surface area contributed by atoms with E-state index < -0.39 is 5.60 Å².